The van der Waals surface area contributed by atoms with Gasteiger partial charge in [-0.2, -0.15) is 0 Å². The van der Waals surface area contributed by atoms with Crippen molar-refractivity contribution in [1.82, 2.24) is 4.90 Å². The quantitative estimate of drug-likeness (QED) is 0.576. The smallest absolute Gasteiger partial charge is 0.411 e. The molecule has 5 nitrogen and oxygen atoms in total. The predicted octanol–water partition coefficient (Wildman–Crippen LogP) is 5.57. The number of amides is 1. The summed E-state index contributed by atoms with van der Waals surface area (Å²) in [6.07, 6.45) is 7.30. The summed E-state index contributed by atoms with van der Waals surface area (Å²) in [4.78, 5) is 27.4. The van der Waals surface area contributed by atoms with Crippen LogP contribution in [0.25, 0.3) is 0 Å². The fourth-order valence-electron chi connectivity index (χ4n) is 6.17. The van der Waals surface area contributed by atoms with E-state index < -0.39 is 11.6 Å². The molecule has 0 aromatic heterocycles. The molecule has 2 bridgehead atoms. The molecule has 0 radical (unpaired) electrons. The first-order valence-electron chi connectivity index (χ1n) is 12.0. The molecule has 1 aromatic rings. The fraction of sp³-hybridized carbons (Fsp3) is 0.692. The van der Waals surface area contributed by atoms with Crippen LogP contribution in [0.15, 0.2) is 30.3 Å². The Morgan fingerprint density at radius 1 is 1.03 bits per heavy atom. The lowest BCUT2D eigenvalue weighted by atomic mass is 9.62. The van der Waals surface area contributed by atoms with Crippen LogP contribution in [0.2, 0.25) is 0 Å². The molecule has 2 aliphatic carbocycles. The van der Waals surface area contributed by atoms with E-state index in [2.05, 4.69) is 20.8 Å². The first kappa shape index (κ1) is 22.2. The molecular weight excluding hydrogens is 390 g/mol. The monoisotopic (exact) mass is 427 g/mol. The third kappa shape index (κ3) is 5.24. The standard InChI is InChI=1S/C26H37NO4/c1-18-12-20-14-21(13-18)16-22(15-20)26(2,3)31-25(29)27-11-7-10-23(27)24(28)30-17-19-8-5-4-6-9-19/h4-6,8-9,18,20-23H,7,10-17H2,1-3H3. The predicted molar refractivity (Wildman–Crippen MR) is 119 cm³/mol. The van der Waals surface area contributed by atoms with Crippen LogP contribution in [0.4, 0.5) is 4.79 Å². The molecule has 0 N–H and O–H groups in total. The summed E-state index contributed by atoms with van der Waals surface area (Å²) < 4.78 is 11.6. The van der Waals surface area contributed by atoms with Crippen LogP contribution in [-0.2, 0) is 20.9 Å². The van der Waals surface area contributed by atoms with Crippen molar-refractivity contribution in [1.29, 1.82) is 0 Å². The van der Waals surface area contributed by atoms with E-state index in [-0.39, 0.29) is 18.7 Å². The Morgan fingerprint density at radius 3 is 2.39 bits per heavy atom. The van der Waals surface area contributed by atoms with Gasteiger partial charge in [-0.3, -0.25) is 4.90 Å². The Morgan fingerprint density at radius 2 is 1.71 bits per heavy atom. The van der Waals surface area contributed by atoms with E-state index in [0.29, 0.717) is 18.9 Å². The number of ether oxygens (including phenoxy) is 2. The minimum Gasteiger partial charge on any atom is -0.459 e. The van der Waals surface area contributed by atoms with Crippen LogP contribution >= 0.6 is 0 Å². The fourth-order valence-corrected chi connectivity index (χ4v) is 6.17. The minimum absolute atomic E-state index is 0.230. The Kier molecular flexibility index (Phi) is 6.59. The summed E-state index contributed by atoms with van der Waals surface area (Å²) in [6.45, 7) is 7.26. The third-order valence-electron chi connectivity index (χ3n) is 7.69. The van der Waals surface area contributed by atoms with Crippen molar-refractivity contribution < 1.29 is 19.1 Å². The topological polar surface area (TPSA) is 55.8 Å². The number of esters is 1. The van der Waals surface area contributed by atoms with Crippen LogP contribution in [0, 0.1) is 23.7 Å². The number of likely N-dealkylation sites (tertiary alicyclic amines) is 1. The van der Waals surface area contributed by atoms with Crippen molar-refractivity contribution in [2.75, 3.05) is 6.54 Å². The molecule has 1 saturated heterocycles. The van der Waals surface area contributed by atoms with Gasteiger partial charge in [-0.25, -0.2) is 9.59 Å². The summed E-state index contributed by atoms with van der Waals surface area (Å²) in [5.74, 6) is 2.40. The molecule has 3 atom stereocenters. The van der Waals surface area contributed by atoms with E-state index in [9.17, 15) is 9.59 Å². The van der Waals surface area contributed by atoms with Crippen LogP contribution in [0.3, 0.4) is 0 Å². The first-order chi connectivity index (χ1) is 14.8. The number of carbonyl (C=O) groups is 2. The molecule has 4 rings (SSSR count). The SMILES string of the molecule is CC1CC2CC(C1)CC(C(C)(C)OC(=O)N1CCCC1C(=O)OCc1ccccc1)C2. The van der Waals surface area contributed by atoms with Gasteiger partial charge in [0.25, 0.3) is 0 Å². The van der Waals surface area contributed by atoms with Crippen molar-refractivity contribution in [3.05, 3.63) is 35.9 Å². The second-order valence-corrected chi connectivity index (χ2v) is 10.6. The van der Waals surface area contributed by atoms with Gasteiger partial charge in [0.15, 0.2) is 0 Å². The lowest BCUT2D eigenvalue weighted by Gasteiger charge is -2.46. The van der Waals surface area contributed by atoms with Gasteiger partial charge in [-0.1, -0.05) is 37.3 Å². The van der Waals surface area contributed by atoms with E-state index in [1.54, 1.807) is 4.90 Å². The average molecular weight is 428 g/mol. The van der Waals surface area contributed by atoms with Gasteiger partial charge in [0, 0.05) is 6.54 Å². The Balaban J connectivity index is 1.34. The molecule has 31 heavy (non-hydrogen) atoms. The molecule has 3 fully saturated rings. The second-order valence-electron chi connectivity index (χ2n) is 10.6. The highest BCUT2D eigenvalue weighted by Gasteiger charge is 2.44. The summed E-state index contributed by atoms with van der Waals surface area (Å²) in [6, 6.07) is 9.09. The maximum Gasteiger partial charge on any atom is 0.411 e. The van der Waals surface area contributed by atoms with E-state index in [1.807, 2.05) is 30.3 Å². The minimum atomic E-state index is -0.543. The molecule has 3 aliphatic rings. The van der Waals surface area contributed by atoms with Crippen LogP contribution < -0.4 is 0 Å². The maximum atomic E-state index is 13.1. The molecule has 3 unspecified atom stereocenters. The number of nitrogens with zero attached hydrogens (tertiary/aromatic N) is 1. The number of fused-ring (bicyclic) bond motifs is 2. The Hall–Kier alpha value is -2.04. The molecule has 2 saturated carbocycles. The molecule has 1 heterocycles. The maximum absolute atomic E-state index is 13.1. The van der Waals surface area contributed by atoms with E-state index >= 15 is 0 Å². The average Bonchev–Trinajstić information content (AvgIpc) is 3.22. The van der Waals surface area contributed by atoms with Gasteiger partial charge in [0.1, 0.15) is 18.2 Å². The van der Waals surface area contributed by atoms with Crippen molar-refractivity contribution in [2.45, 2.75) is 84.0 Å². The second kappa shape index (κ2) is 9.22. The zero-order chi connectivity index (χ0) is 22.0. The number of carbonyl (C=O) groups excluding carboxylic acids is 2. The van der Waals surface area contributed by atoms with E-state index in [1.165, 1.54) is 19.3 Å². The van der Waals surface area contributed by atoms with Gasteiger partial charge in [-0.15, -0.1) is 0 Å². The number of hydrogen-bond acceptors (Lipinski definition) is 4. The van der Waals surface area contributed by atoms with E-state index in [0.717, 1.165) is 42.6 Å². The van der Waals surface area contributed by atoms with Gasteiger partial charge < -0.3 is 9.47 Å². The van der Waals surface area contributed by atoms with Gasteiger partial charge >= 0.3 is 12.1 Å². The third-order valence-corrected chi connectivity index (χ3v) is 7.69. The summed E-state index contributed by atoms with van der Waals surface area (Å²) in [5.41, 5.74) is 0.427. The molecule has 0 spiro atoms. The zero-order valence-corrected chi connectivity index (χ0v) is 19.2. The van der Waals surface area contributed by atoms with Gasteiger partial charge in [0.2, 0.25) is 0 Å². The first-order valence-corrected chi connectivity index (χ1v) is 12.0. The highest BCUT2D eigenvalue weighted by atomic mass is 16.6. The zero-order valence-electron chi connectivity index (χ0n) is 19.2. The molecule has 5 heteroatoms. The van der Waals surface area contributed by atoms with Crippen LogP contribution in [0.5, 0.6) is 0 Å². The van der Waals surface area contributed by atoms with Crippen LogP contribution in [0.1, 0.15) is 71.3 Å². The number of benzene rings is 1. The lowest BCUT2D eigenvalue weighted by Crippen LogP contribution is -2.48. The van der Waals surface area contributed by atoms with Gasteiger partial charge in [0.05, 0.1) is 0 Å². The van der Waals surface area contributed by atoms with Crippen molar-refractivity contribution >= 4 is 12.1 Å². The van der Waals surface area contributed by atoms with Crippen molar-refractivity contribution in [3.63, 3.8) is 0 Å². The highest BCUT2D eigenvalue weighted by Crippen LogP contribution is 2.48. The van der Waals surface area contributed by atoms with Gasteiger partial charge in [-0.05, 0) is 88.0 Å². The molecule has 170 valence electrons. The summed E-state index contributed by atoms with van der Waals surface area (Å²) in [7, 11) is 0. The number of hydrogen-bond donors (Lipinski definition) is 0. The Labute approximate surface area is 186 Å². The summed E-state index contributed by atoms with van der Waals surface area (Å²) >= 11 is 0. The van der Waals surface area contributed by atoms with Crippen molar-refractivity contribution in [3.8, 4) is 0 Å². The lowest BCUT2D eigenvalue weighted by molar-refractivity contribution is -0.150. The number of rotatable bonds is 5. The highest BCUT2D eigenvalue weighted by molar-refractivity contribution is 5.82. The molecular formula is C26H37NO4. The van der Waals surface area contributed by atoms with Crippen molar-refractivity contribution in [2.24, 2.45) is 23.7 Å². The summed E-state index contributed by atoms with van der Waals surface area (Å²) in [5, 5.41) is 0. The largest absolute Gasteiger partial charge is 0.459 e. The normalized spacial score (nSPS) is 30.7. The van der Waals surface area contributed by atoms with Crippen LogP contribution in [-0.4, -0.2) is 35.2 Å². The molecule has 1 aromatic carbocycles. The molecule has 1 amide bonds. The molecule has 1 aliphatic heterocycles. The Bertz CT molecular complexity index is 759. The van der Waals surface area contributed by atoms with E-state index in [4.69, 9.17) is 9.47 Å².